The van der Waals surface area contributed by atoms with Gasteiger partial charge in [0.25, 0.3) is 0 Å². The Hall–Kier alpha value is -3.54. The average molecular weight is 717 g/mol. The summed E-state index contributed by atoms with van der Waals surface area (Å²) < 4.78 is 0. The Morgan fingerprint density at radius 1 is 0.438 bits per heavy atom. The number of nitrogens with zero attached hydrogens (tertiary/aromatic N) is 2. The molecule has 0 aliphatic carbocycles. The van der Waals surface area contributed by atoms with Crippen LogP contribution in [0, 0.1) is 0 Å². The SMILES string of the molecule is O=C1C[C@H]2CCCN2C(c2ccc(Cl)cc2)=C1c1ccc(Cl)cc1.O=C1C[C@H]2CCCN2C(c2ccc(Cl)cc2)=C1c1ccc(Cl)cc1. The smallest absolute Gasteiger partial charge is 0.167 e. The normalized spacial score (nSPS) is 20.5. The molecule has 4 aromatic carbocycles. The van der Waals surface area contributed by atoms with Gasteiger partial charge in [-0.25, -0.2) is 0 Å². The fourth-order valence-electron chi connectivity index (χ4n) is 7.53. The van der Waals surface area contributed by atoms with Crippen molar-refractivity contribution in [3.63, 3.8) is 0 Å². The predicted molar refractivity (Wildman–Crippen MR) is 198 cm³/mol. The molecule has 2 saturated heterocycles. The van der Waals surface area contributed by atoms with E-state index in [9.17, 15) is 9.59 Å². The van der Waals surface area contributed by atoms with Crippen molar-refractivity contribution in [1.82, 2.24) is 9.80 Å². The zero-order valence-corrected chi connectivity index (χ0v) is 29.3. The Morgan fingerprint density at radius 3 is 1.04 bits per heavy atom. The molecule has 4 aliphatic heterocycles. The lowest BCUT2D eigenvalue weighted by Crippen LogP contribution is -2.36. The molecule has 0 saturated carbocycles. The topological polar surface area (TPSA) is 40.6 Å². The molecule has 4 aromatic rings. The third kappa shape index (κ3) is 6.69. The van der Waals surface area contributed by atoms with Crippen LogP contribution in [-0.2, 0) is 9.59 Å². The number of hydrogen-bond donors (Lipinski definition) is 0. The number of ketones is 2. The summed E-state index contributed by atoms with van der Waals surface area (Å²) >= 11 is 24.1. The molecule has 4 nitrogen and oxygen atoms in total. The minimum atomic E-state index is 0.213. The first-order chi connectivity index (χ1) is 23.3. The number of carbonyl (C=O) groups is 2. The molecular weight excluding hydrogens is 682 g/mol. The van der Waals surface area contributed by atoms with Crippen LogP contribution in [0.4, 0.5) is 0 Å². The van der Waals surface area contributed by atoms with Crippen molar-refractivity contribution < 1.29 is 9.59 Å². The van der Waals surface area contributed by atoms with Crippen LogP contribution in [0.5, 0.6) is 0 Å². The van der Waals surface area contributed by atoms with Gasteiger partial charge in [-0.2, -0.15) is 0 Å². The Labute approximate surface area is 301 Å². The third-order valence-corrected chi connectivity index (χ3v) is 10.7. The number of benzene rings is 4. The number of Topliss-reactive ketones (excluding diaryl/α,β-unsaturated/α-hetero) is 2. The first kappa shape index (κ1) is 33.0. The quantitative estimate of drug-likeness (QED) is 0.211. The third-order valence-electron chi connectivity index (χ3n) is 9.70. The van der Waals surface area contributed by atoms with Crippen LogP contribution in [0.2, 0.25) is 20.1 Å². The summed E-state index contributed by atoms with van der Waals surface area (Å²) in [6.07, 6.45) is 5.60. The Balaban J connectivity index is 0.000000152. The van der Waals surface area contributed by atoms with Crippen molar-refractivity contribution in [3.05, 3.63) is 139 Å². The van der Waals surface area contributed by atoms with E-state index < -0.39 is 0 Å². The van der Waals surface area contributed by atoms with Gasteiger partial charge in [-0.15, -0.1) is 0 Å². The van der Waals surface area contributed by atoms with Crippen LogP contribution in [0.1, 0.15) is 60.8 Å². The van der Waals surface area contributed by atoms with Gasteiger partial charge in [0.05, 0.1) is 11.4 Å². The van der Waals surface area contributed by atoms with Gasteiger partial charge in [0, 0.05) is 69.3 Å². The number of allylic oxidation sites excluding steroid dienone is 2. The van der Waals surface area contributed by atoms with Crippen molar-refractivity contribution >= 4 is 80.5 Å². The van der Waals surface area contributed by atoms with Crippen molar-refractivity contribution in [2.75, 3.05) is 13.1 Å². The molecule has 48 heavy (non-hydrogen) atoms. The fourth-order valence-corrected chi connectivity index (χ4v) is 8.04. The summed E-state index contributed by atoms with van der Waals surface area (Å²) in [6.45, 7) is 1.99. The summed E-state index contributed by atoms with van der Waals surface area (Å²) in [5, 5.41) is 2.75. The van der Waals surface area contributed by atoms with Gasteiger partial charge in [0.1, 0.15) is 0 Å². The number of hydrogen-bond acceptors (Lipinski definition) is 4. The average Bonchev–Trinajstić information content (AvgIpc) is 3.75. The highest BCUT2D eigenvalue weighted by Crippen LogP contribution is 2.43. The molecule has 0 bridgehead atoms. The van der Waals surface area contributed by atoms with E-state index in [2.05, 4.69) is 9.80 Å². The van der Waals surface area contributed by atoms with E-state index in [-0.39, 0.29) is 11.6 Å². The first-order valence-corrected chi connectivity index (χ1v) is 17.9. The number of fused-ring (bicyclic) bond motifs is 2. The van der Waals surface area contributed by atoms with Gasteiger partial charge in [-0.05, 0) is 96.5 Å². The van der Waals surface area contributed by atoms with Crippen molar-refractivity contribution in [2.45, 2.75) is 50.6 Å². The summed E-state index contributed by atoms with van der Waals surface area (Å²) in [4.78, 5) is 30.7. The molecule has 0 spiro atoms. The van der Waals surface area contributed by atoms with Crippen LogP contribution >= 0.6 is 46.4 Å². The van der Waals surface area contributed by atoms with Gasteiger partial charge >= 0.3 is 0 Å². The van der Waals surface area contributed by atoms with Crippen molar-refractivity contribution in [3.8, 4) is 0 Å². The lowest BCUT2D eigenvalue weighted by atomic mass is 9.88. The molecule has 0 N–H and O–H groups in total. The molecule has 0 amide bonds. The van der Waals surface area contributed by atoms with Crippen molar-refractivity contribution in [2.24, 2.45) is 0 Å². The van der Waals surface area contributed by atoms with Gasteiger partial charge in [0.15, 0.2) is 11.6 Å². The maximum atomic E-state index is 12.9. The number of carbonyl (C=O) groups excluding carboxylic acids is 2. The van der Waals surface area contributed by atoms with E-state index in [0.29, 0.717) is 45.0 Å². The molecule has 4 aliphatic rings. The van der Waals surface area contributed by atoms with E-state index in [0.717, 1.165) is 83.6 Å². The zero-order valence-electron chi connectivity index (χ0n) is 26.3. The van der Waals surface area contributed by atoms with E-state index in [1.807, 2.05) is 97.1 Å². The monoisotopic (exact) mass is 714 g/mol. The summed E-state index contributed by atoms with van der Waals surface area (Å²) in [5.74, 6) is 0.427. The van der Waals surface area contributed by atoms with E-state index in [1.165, 1.54) is 0 Å². The van der Waals surface area contributed by atoms with Crippen LogP contribution in [0.15, 0.2) is 97.1 Å². The molecule has 2 fully saturated rings. The van der Waals surface area contributed by atoms with Crippen molar-refractivity contribution in [1.29, 1.82) is 0 Å². The highest BCUT2D eigenvalue weighted by Gasteiger charge is 2.38. The molecule has 4 heterocycles. The maximum Gasteiger partial charge on any atom is 0.167 e. The zero-order chi connectivity index (χ0) is 33.4. The minimum absolute atomic E-state index is 0.213. The fraction of sp³-hybridized carbons (Fsp3) is 0.250. The molecule has 0 aromatic heterocycles. The van der Waals surface area contributed by atoms with E-state index in [1.54, 1.807) is 0 Å². The summed E-state index contributed by atoms with van der Waals surface area (Å²) in [7, 11) is 0. The van der Waals surface area contributed by atoms with Crippen LogP contribution in [0.25, 0.3) is 22.5 Å². The maximum absolute atomic E-state index is 12.9. The van der Waals surface area contributed by atoms with Crippen LogP contribution in [-0.4, -0.2) is 46.5 Å². The standard InChI is InChI=1S/2C20H17Cl2NO/c2*21-15-7-3-13(4-8-15)19-18(24)12-17-2-1-11-23(17)20(19)14-5-9-16(22)10-6-14/h2*3-10,17H,1-2,11-12H2/t2*17-/m11/s1. The second-order valence-corrected chi connectivity index (χ2v) is 14.5. The Morgan fingerprint density at radius 2 is 0.729 bits per heavy atom. The predicted octanol–water partition coefficient (Wildman–Crippen LogP) is 10.6. The molecule has 0 radical (unpaired) electrons. The first-order valence-electron chi connectivity index (χ1n) is 16.4. The number of rotatable bonds is 4. The van der Waals surface area contributed by atoms with Crippen LogP contribution in [0.3, 0.4) is 0 Å². The Kier molecular flexibility index (Phi) is 9.71. The lowest BCUT2D eigenvalue weighted by molar-refractivity contribution is -0.115. The largest absolute Gasteiger partial charge is 0.367 e. The lowest BCUT2D eigenvalue weighted by Gasteiger charge is -2.35. The summed E-state index contributed by atoms with van der Waals surface area (Å²) in [5.41, 5.74) is 7.62. The second kappa shape index (κ2) is 14.1. The van der Waals surface area contributed by atoms with Crippen LogP contribution < -0.4 is 0 Å². The molecular formula is C40H34Cl4N2O2. The number of halogens is 4. The van der Waals surface area contributed by atoms with E-state index in [4.69, 9.17) is 46.4 Å². The van der Waals surface area contributed by atoms with Gasteiger partial charge in [-0.3, -0.25) is 9.59 Å². The molecule has 8 rings (SSSR count). The van der Waals surface area contributed by atoms with E-state index >= 15 is 0 Å². The highest BCUT2D eigenvalue weighted by atomic mass is 35.5. The second-order valence-electron chi connectivity index (χ2n) is 12.7. The minimum Gasteiger partial charge on any atom is -0.367 e. The summed E-state index contributed by atoms with van der Waals surface area (Å²) in [6, 6.07) is 31.3. The molecule has 0 unspecified atom stereocenters. The molecule has 8 heteroatoms. The molecule has 244 valence electrons. The van der Waals surface area contributed by atoms with Gasteiger partial charge in [-0.1, -0.05) is 94.9 Å². The highest BCUT2D eigenvalue weighted by molar-refractivity contribution is 6.33. The van der Waals surface area contributed by atoms with Gasteiger partial charge < -0.3 is 9.80 Å². The van der Waals surface area contributed by atoms with Gasteiger partial charge in [0.2, 0.25) is 0 Å². The Bertz CT molecular complexity index is 1760. The molecule has 2 atom stereocenters.